The Kier molecular flexibility index (Phi) is 11.3. The summed E-state index contributed by atoms with van der Waals surface area (Å²) >= 11 is 0. The van der Waals surface area contributed by atoms with Crippen LogP contribution in [0.25, 0.3) is 0 Å². The van der Waals surface area contributed by atoms with E-state index in [4.69, 9.17) is 18.9 Å². The molecule has 0 saturated carbocycles. The SMILES string of the molecule is Cc1cc(C)cc(C(=O)OCCOc2ccc(CNCc3ccc(OCCOC(=O)c4cc(C)cc(C)c4)cc3)cc2)c1. The van der Waals surface area contributed by atoms with Gasteiger partial charge in [-0.15, -0.1) is 0 Å². The van der Waals surface area contributed by atoms with Crippen molar-refractivity contribution in [3.8, 4) is 11.5 Å². The van der Waals surface area contributed by atoms with Crippen LogP contribution >= 0.6 is 0 Å². The molecule has 224 valence electrons. The molecule has 0 aliphatic heterocycles. The first-order valence-electron chi connectivity index (χ1n) is 14.4. The van der Waals surface area contributed by atoms with E-state index in [1.807, 2.05) is 113 Å². The summed E-state index contributed by atoms with van der Waals surface area (Å²) in [6.07, 6.45) is 0. The van der Waals surface area contributed by atoms with Gasteiger partial charge in [-0.1, -0.05) is 58.7 Å². The van der Waals surface area contributed by atoms with Crippen LogP contribution in [0.5, 0.6) is 11.5 Å². The Morgan fingerprint density at radius 3 is 1.21 bits per heavy atom. The zero-order chi connectivity index (χ0) is 30.6. The van der Waals surface area contributed by atoms with Crippen molar-refractivity contribution >= 4 is 11.9 Å². The topological polar surface area (TPSA) is 83.1 Å². The minimum Gasteiger partial charge on any atom is -0.490 e. The molecular weight excluding hydrogens is 542 g/mol. The summed E-state index contributed by atoms with van der Waals surface area (Å²) < 4.78 is 22.1. The van der Waals surface area contributed by atoms with Crippen LogP contribution < -0.4 is 14.8 Å². The van der Waals surface area contributed by atoms with Crippen molar-refractivity contribution in [3.63, 3.8) is 0 Å². The zero-order valence-electron chi connectivity index (χ0n) is 25.3. The van der Waals surface area contributed by atoms with Crippen molar-refractivity contribution in [2.75, 3.05) is 26.4 Å². The maximum atomic E-state index is 12.2. The molecule has 0 heterocycles. The molecule has 0 aromatic heterocycles. The van der Waals surface area contributed by atoms with Gasteiger partial charge in [0.05, 0.1) is 11.1 Å². The largest absolute Gasteiger partial charge is 0.490 e. The summed E-state index contributed by atoms with van der Waals surface area (Å²) in [6.45, 7) is 10.2. The predicted octanol–water partition coefficient (Wildman–Crippen LogP) is 6.68. The number of benzene rings is 4. The van der Waals surface area contributed by atoms with Crippen LogP contribution in [-0.2, 0) is 22.6 Å². The molecule has 7 heteroatoms. The smallest absolute Gasteiger partial charge is 0.338 e. The number of hydrogen-bond acceptors (Lipinski definition) is 7. The third-order valence-corrected chi connectivity index (χ3v) is 6.59. The van der Waals surface area contributed by atoms with Crippen LogP contribution in [0.3, 0.4) is 0 Å². The van der Waals surface area contributed by atoms with Crippen molar-refractivity contribution in [2.45, 2.75) is 40.8 Å². The van der Waals surface area contributed by atoms with Gasteiger partial charge in [0.15, 0.2) is 0 Å². The van der Waals surface area contributed by atoms with Crippen LogP contribution in [0.1, 0.15) is 54.1 Å². The average Bonchev–Trinajstić information content (AvgIpc) is 2.98. The van der Waals surface area contributed by atoms with Crippen LogP contribution in [0, 0.1) is 27.7 Å². The minimum absolute atomic E-state index is 0.181. The summed E-state index contributed by atoms with van der Waals surface area (Å²) in [5.41, 5.74) is 7.50. The van der Waals surface area contributed by atoms with Crippen molar-refractivity contribution in [1.82, 2.24) is 5.32 Å². The van der Waals surface area contributed by atoms with Gasteiger partial charge in [-0.3, -0.25) is 0 Å². The van der Waals surface area contributed by atoms with E-state index in [1.165, 1.54) is 0 Å². The van der Waals surface area contributed by atoms with E-state index in [-0.39, 0.29) is 38.4 Å². The average molecular weight is 582 g/mol. The molecule has 0 bridgehead atoms. The van der Waals surface area contributed by atoms with E-state index in [0.717, 1.165) is 44.9 Å². The van der Waals surface area contributed by atoms with Gasteiger partial charge in [0.1, 0.15) is 37.9 Å². The molecule has 0 aliphatic carbocycles. The standard InChI is InChI=1S/C36H39NO6/c1-25-17-26(2)20-31(19-25)35(38)42-15-13-40-33-9-5-29(6-10-33)23-37-24-30-7-11-34(12-8-30)41-14-16-43-36(39)32-21-27(3)18-28(4)22-32/h5-12,17-22,37H,13-16,23-24H2,1-4H3. The van der Waals surface area contributed by atoms with E-state index < -0.39 is 0 Å². The van der Waals surface area contributed by atoms with Gasteiger partial charge < -0.3 is 24.3 Å². The van der Waals surface area contributed by atoms with Gasteiger partial charge in [0.2, 0.25) is 0 Å². The second-order valence-electron chi connectivity index (χ2n) is 10.6. The Morgan fingerprint density at radius 2 is 0.860 bits per heavy atom. The van der Waals surface area contributed by atoms with Crippen LogP contribution in [0.15, 0.2) is 84.9 Å². The molecule has 0 amide bonds. The monoisotopic (exact) mass is 581 g/mol. The number of nitrogens with one attached hydrogen (secondary N) is 1. The highest BCUT2D eigenvalue weighted by atomic mass is 16.6. The first-order chi connectivity index (χ1) is 20.7. The summed E-state index contributed by atoms with van der Waals surface area (Å²) in [4.78, 5) is 24.5. The lowest BCUT2D eigenvalue weighted by atomic mass is 10.1. The molecule has 7 nitrogen and oxygen atoms in total. The number of carbonyl (C=O) groups excluding carboxylic acids is 2. The van der Waals surface area contributed by atoms with E-state index in [2.05, 4.69) is 5.32 Å². The maximum absolute atomic E-state index is 12.2. The van der Waals surface area contributed by atoms with Gasteiger partial charge >= 0.3 is 11.9 Å². The van der Waals surface area contributed by atoms with E-state index >= 15 is 0 Å². The first kappa shape index (κ1) is 31.3. The normalized spacial score (nSPS) is 10.7. The van der Waals surface area contributed by atoms with Crippen molar-refractivity contribution in [2.24, 2.45) is 0 Å². The predicted molar refractivity (Wildman–Crippen MR) is 167 cm³/mol. The summed E-state index contributed by atoms with van der Waals surface area (Å²) in [7, 11) is 0. The highest BCUT2D eigenvalue weighted by Gasteiger charge is 2.09. The fraction of sp³-hybridized carbons (Fsp3) is 0.278. The van der Waals surface area contributed by atoms with Gasteiger partial charge in [-0.2, -0.15) is 0 Å². The Hall–Kier alpha value is -4.62. The Balaban J connectivity index is 1.09. The number of aryl methyl sites for hydroxylation is 4. The fourth-order valence-electron chi connectivity index (χ4n) is 4.70. The summed E-state index contributed by atoms with van der Waals surface area (Å²) in [5, 5.41) is 3.44. The maximum Gasteiger partial charge on any atom is 0.338 e. The quantitative estimate of drug-likeness (QED) is 0.131. The first-order valence-corrected chi connectivity index (χ1v) is 14.4. The molecule has 0 unspecified atom stereocenters. The molecule has 0 saturated heterocycles. The molecule has 43 heavy (non-hydrogen) atoms. The van der Waals surface area contributed by atoms with Gasteiger partial charge in [-0.05, 0) is 87.4 Å². The van der Waals surface area contributed by atoms with E-state index in [1.54, 1.807) is 0 Å². The molecule has 0 radical (unpaired) electrons. The molecule has 0 aliphatic rings. The lowest BCUT2D eigenvalue weighted by molar-refractivity contribution is 0.0442. The van der Waals surface area contributed by atoms with Gasteiger partial charge in [0.25, 0.3) is 0 Å². The summed E-state index contributed by atoms with van der Waals surface area (Å²) in [6, 6.07) is 27.0. The van der Waals surface area contributed by atoms with Crippen molar-refractivity contribution in [3.05, 3.63) is 129 Å². The van der Waals surface area contributed by atoms with Gasteiger partial charge in [-0.25, -0.2) is 9.59 Å². The molecule has 4 aromatic rings. The Morgan fingerprint density at radius 1 is 0.512 bits per heavy atom. The lowest BCUT2D eigenvalue weighted by Crippen LogP contribution is -2.14. The lowest BCUT2D eigenvalue weighted by Gasteiger charge is -2.10. The number of ether oxygens (including phenoxy) is 4. The molecule has 0 atom stereocenters. The number of hydrogen-bond donors (Lipinski definition) is 1. The second kappa shape index (κ2) is 15.6. The Bertz CT molecular complexity index is 1360. The molecule has 4 aromatic carbocycles. The fourth-order valence-corrected chi connectivity index (χ4v) is 4.70. The molecule has 0 spiro atoms. The van der Waals surface area contributed by atoms with E-state index in [0.29, 0.717) is 24.2 Å². The minimum atomic E-state index is -0.342. The van der Waals surface area contributed by atoms with Crippen molar-refractivity contribution in [1.29, 1.82) is 0 Å². The number of esters is 2. The molecule has 1 N–H and O–H groups in total. The number of rotatable bonds is 14. The van der Waals surface area contributed by atoms with Crippen LogP contribution in [0.2, 0.25) is 0 Å². The molecular formula is C36H39NO6. The highest BCUT2D eigenvalue weighted by molar-refractivity contribution is 5.90. The molecule has 0 fully saturated rings. The third-order valence-electron chi connectivity index (χ3n) is 6.59. The molecule has 4 rings (SSSR count). The third kappa shape index (κ3) is 10.3. The summed E-state index contributed by atoms with van der Waals surface area (Å²) in [5.74, 6) is 0.764. The van der Waals surface area contributed by atoms with Crippen LogP contribution in [-0.4, -0.2) is 38.4 Å². The van der Waals surface area contributed by atoms with Gasteiger partial charge in [0, 0.05) is 13.1 Å². The highest BCUT2D eigenvalue weighted by Crippen LogP contribution is 2.15. The zero-order valence-corrected chi connectivity index (χ0v) is 25.3. The number of carbonyl (C=O) groups is 2. The van der Waals surface area contributed by atoms with E-state index in [9.17, 15) is 9.59 Å². The Labute approximate surface area is 253 Å². The van der Waals surface area contributed by atoms with Crippen molar-refractivity contribution < 1.29 is 28.5 Å². The van der Waals surface area contributed by atoms with Crippen LogP contribution in [0.4, 0.5) is 0 Å². The second-order valence-corrected chi connectivity index (χ2v) is 10.6.